The number of allylic oxidation sites excluding steroid dienone is 2. The molecule has 5 rings (SSSR count). The number of hydrogen-bond acceptors (Lipinski definition) is 7. The Kier molecular flexibility index (Phi) is 6.91. The van der Waals surface area contributed by atoms with Crippen LogP contribution < -0.4 is 10.1 Å². The van der Waals surface area contributed by atoms with Gasteiger partial charge in [-0.05, 0) is 47.7 Å². The Labute approximate surface area is 213 Å². The SMILES string of the molecule is C=C1NC2=C(C(=O)CC(c3cccs3)C2)C(c2cccc(O)c2)C1C(=O)OCCOc1ccccc1. The molecule has 2 aliphatic rings. The third-order valence-electron chi connectivity index (χ3n) is 6.61. The number of phenols is 1. The molecule has 0 radical (unpaired) electrons. The van der Waals surface area contributed by atoms with Crippen molar-refractivity contribution in [3.63, 3.8) is 0 Å². The van der Waals surface area contributed by atoms with Crippen molar-refractivity contribution in [3.8, 4) is 11.5 Å². The molecule has 0 saturated carbocycles. The topological polar surface area (TPSA) is 84.9 Å². The van der Waals surface area contributed by atoms with Crippen LogP contribution in [-0.4, -0.2) is 30.1 Å². The average molecular weight is 502 g/mol. The second kappa shape index (κ2) is 10.4. The summed E-state index contributed by atoms with van der Waals surface area (Å²) >= 11 is 1.64. The largest absolute Gasteiger partial charge is 0.508 e. The number of aromatic hydroxyl groups is 1. The number of hydrogen-bond donors (Lipinski definition) is 2. The summed E-state index contributed by atoms with van der Waals surface area (Å²) in [6.45, 7) is 4.41. The van der Waals surface area contributed by atoms with E-state index < -0.39 is 17.8 Å². The Morgan fingerprint density at radius 1 is 1.06 bits per heavy atom. The van der Waals surface area contributed by atoms with Gasteiger partial charge in [-0.15, -0.1) is 11.3 Å². The number of thiophene rings is 1. The molecule has 184 valence electrons. The van der Waals surface area contributed by atoms with E-state index in [1.807, 2.05) is 47.8 Å². The molecule has 0 amide bonds. The molecule has 2 aromatic carbocycles. The maximum Gasteiger partial charge on any atom is 0.316 e. The van der Waals surface area contributed by atoms with Crippen LogP contribution in [0, 0.1) is 5.92 Å². The smallest absolute Gasteiger partial charge is 0.316 e. The van der Waals surface area contributed by atoms with Gasteiger partial charge in [0, 0.05) is 40.1 Å². The van der Waals surface area contributed by atoms with Gasteiger partial charge < -0.3 is 19.9 Å². The zero-order valence-corrected chi connectivity index (χ0v) is 20.5. The standard InChI is InChI=1S/C29H27NO5S/c1-18-26(29(33)35-13-12-34-22-9-3-2-4-10-22)27(19-7-5-8-21(31)15-19)28-23(30-18)16-20(17-24(28)32)25-11-6-14-36-25/h2-11,14-15,20,26-27,30-31H,1,12-13,16-17H2. The van der Waals surface area contributed by atoms with Crippen molar-refractivity contribution >= 4 is 23.1 Å². The fourth-order valence-corrected chi connectivity index (χ4v) is 5.87. The van der Waals surface area contributed by atoms with Crippen LogP contribution in [0.15, 0.2) is 95.7 Å². The number of esters is 1. The third kappa shape index (κ3) is 4.93. The Balaban J connectivity index is 1.40. The third-order valence-corrected chi connectivity index (χ3v) is 7.64. The summed E-state index contributed by atoms with van der Waals surface area (Å²) in [4.78, 5) is 28.0. The van der Waals surface area contributed by atoms with E-state index in [-0.39, 0.29) is 30.7 Å². The van der Waals surface area contributed by atoms with E-state index in [0.717, 1.165) is 10.6 Å². The number of benzene rings is 2. The van der Waals surface area contributed by atoms with Gasteiger partial charge in [-0.2, -0.15) is 0 Å². The van der Waals surface area contributed by atoms with Gasteiger partial charge in [0.1, 0.15) is 30.6 Å². The second-order valence-electron chi connectivity index (χ2n) is 8.97. The van der Waals surface area contributed by atoms with E-state index >= 15 is 0 Å². The van der Waals surface area contributed by atoms with Crippen molar-refractivity contribution in [2.24, 2.45) is 5.92 Å². The summed E-state index contributed by atoms with van der Waals surface area (Å²) in [5, 5.41) is 15.5. The number of carbonyl (C=O) groups is 2. The van der Waals surface area contributed by atoms with Gasteiger partial charge in [0.25, 0.3) is 0 Å². The molecule has 1 aliphatic heterocycles. The molecule has 0 bridgehead atoms. The minimum Gasteiger partial charge on any atom is -0.508 e. The molecular formula is C29H27NO5S. The van der Waals surface area contributed by atoms with E-state index in [4.69, 9.17) is 9.47 Å². The van der Waals surface area contributed by atoms with Crippen LogP contribution >= 0.6 is 11.3 Å². The van der Waals surface area contributed by atoms with Crippen molar-refractivity contribution in [3.05, 3.63) is 106 Å². The van der Waals surface area contributed by atoms with E-state index in [1.54, 1.807) is 29.5 Å². The summed E-state index contributed by atoms with van der Waals surface area (Å²) < 4.78 is 11.2. The number of para-hydroxylation sites is 1. The van der Waals surface area contributed by atoms with Crippen molar-refractivity contribution < 1.29 is 24.2 Å². The molecule has 0 saturated heterocycles. The minimum absolute atomic E-state index is 0.00629. The molecule has 1 aromatic heterocycles. The first kappa shape index (κ1) is 23.9. The lowest BCUT2D eigenvalue weighted by molar-refractivity contribution is -0.148. The number of phenolic OH excluding ortho intramolecular Hbond substituents is 1. The number of Topliss-reactive ketones (excluding diaryl/α,β-unsaturated/α-hetero) is 1. The van der Waals surface area contributed by atoms with Crippen molar-refractivity contribution in [1.82, 2.24) is 5.32 Å². The van der Waals surface area contributed by atoms with Crippen LogP contribution in [0.4, 0.5) is 0 Å². The maximum absolute atomic E-state index is 13.5. The van der Waals surface area contributed by atoms with E-state index in [9.17, 15) is 14.7 Å². The predicted molar refractivity (Wildman–Crippen MR) is 138 cm³/mol. The molecule has 2 heterocycles. The van der Waals surface area contributed by atoms with Gasteiger partial charge in [0.15, 0.2) is 5.78 Å². The minimum atomic E-state index is -0.815. The molecule has 3 aromatic rings. The zero-order chi connectivity index (χ0) is 25.1. The Bertz CT molecular complexity index is 1300. The average Bonchev–Trinajstić information content (AvgIpc) is 3.41. The van der Waals surface area contributed by atoms with Gasteiger partial charge in [-0.1, -0.05) is 43.0 Å². The summed E-state index contributed by atoms with van der Waals surface area (Å²) in [5.41, 5.74) is 2.52. The maximum atomic E-state index is 13.5. The highest BCUT2D eigenvalue weighted by molar-refractivity contribution is 7.10. The van der Waals surface area contributed by atoms with Crippen LogP contribution in [0.1, 0.15) is 35.1 Å². The number of nitrogens with one attached hydrogen (secondary N) is 1. The van der Waals surface area contributed by atoms with Crippen molar-refractivity contribution in [1.29, 1.82) is 0 Å². The molecule has 36 heavy (non-hydrogen) atoms. The lowest BCUT2D eigenvalue weighted by Crippen LogP contribution is -2.42. The number of rotatable bonds is 7. The van der Waals surface area contributed by atoms with Crippen LogP contribution in [0.5, 0.6) is 11.5 Å². The van der Waals surface area contributed by atoms with Crippen LogP contribution in [0.2, 0.25) is 0 Å². The summed E-state index contributed by atoms with van der Waals surface area (Å²) in [6, 6.07) is 20.1. The summed E-state index contributed by atoms with van der Waals surface area (Å²) in [7, 11) is 0. The Morgan fingerprint density at radius 3 is 2.64 bits per heavy atom. The molecule has 3 unspecified atom stereocenters. The lowest BCUT2D eigenvalue weighted by atomic mass is 9.69. The quantitative estimate of drug-likeness (QED) is 0.338. The Hall–Kier alpha value is -3.84. The van der Waals surface area contributed by atoms with E-state index in [2.05, 4.69) is 18.0 Å². The monoisotopic (exact) mass is 501 g/mol. The van der Waals surface area contributed by atoms with Gasteiger partial charge >= 0.3 is 5.97 Å². The lowest BCUT2D eigenvalue weighted by Gasteiger charge is -2.39. The summed E-state index contributed by atoms with van der Waals surface area (Å²) in [6.07, 6.45) is 1.03. The van der Waals surface area contributed by atoms with Gasteiger partial charge in [-0.3, -0.25) is 9.59 Å². The molecule has 2 N–H and O–H groups in total. The number of carbonyl (C=O) groups excluding carboxylic acids is 2. The van der Waals surface area contributed by atoms with Crippen molar-refractivity contribution in [2.45, 2.75) is 24.7 Å². The van der Waals surface area contributed by atoms with Gasteiger partial charge in [0.05, 0.1) is 0 Å². The Morgan fingerprint density at radius 2 is 1.89 bits per heavy atom. The highest BCUT2D eigenvalue weighted by atomic mass is 32.1. The first-order valence-electron chi connectivity index (χ1n) is 11.9. The van der Waals surface area contributed by atoms with Crippen LogP contribution in [0.25, 0.3) is 0 Å². The molecule has 7 heteroatoms. The normalized spacial score (nSPS) is 21.5. The molecular weight excluding hydrogens is 474 g/mol. The fraction of sp³-hybridized carbons (Fsp3) is 0.241. The fourth-order valence-electron chi connectivity index (χ4n) is 5.04. The van der Waals surface area contributed by atoms with Crippen LogP contribution in [-0.2, 0) is 14.3 Å². The predicted octanol–water partition coefficient (Wildman–Crippen LogP) is 5.29. The molecule has 6 nitrogen and oxygen atoms in total. The van der Waals surface area contributed by atoms with E-state index in [0.29, 0.717) is 35.4 Å². The second-order valence-corrected chi connectivity index (χ2v) is 9.94. The number of ketones is 1. The summed E-state index contributed by atoms with van der Waals surface area (Å²) in [5.74, 6) is -1.06. The molecule has 3 atom stereocenters. The van der Waals surface area contributed by atoms with E-state index in [1.165, 1.54) is 0 Å². The molecule has 0 fully saturated rings. The highest BCUT2D eigenvalue weighted by Gasteiger charge is 2.45. The zero-order valence-electron chi connectivity index (χ0n) is 19.7. The van der Waals surface area contributed by atoms with Crippen molar-refractivity contribution in [2.75, 3.05) is 13.2 Å². The van der Waals surface area contributed by atoms with Crippen LogP contribution in [0.3, 0.4) is 0 Å². The highest BCUT2D eigenvalue weighted by Crippen LogP contribution is 2.48. The number of ether oxygens (including phenoxy) is 2. The van der Waals surface area contributed by atoms with Gasteiger partial charge in [-0.25, -0.2) is 0 Å². The first-order valence-corrected chi connectivity index (χ1v) is 12.8. The molecule has 0 spiro atoms. The molecule has 1 aliphatic carbocycles. The van der Waals surface area contributed by atoms with Gasteiger partial charge in [0.2, 0.25) is 0 Å². The first-order chi connectivity index (χ1) is 17.5.